The van der Waals surface area contributed by atoms with E-state index in [1.807, 2.05) is 0 Å². The van der Waals surface area contributed by atoms with Gasteiger partial charge in [0.2, 0.25) is 5.43 Å². The summed E-state index contributed by atoms with van der Waals surface area (Å²) in [6.45, 7) is 1.63. The van der Waals surface area contributed by atoms with Crippen LogP contribution >= 0.6 is 0 Å². The van der Waals surface area contributed by atoms with Crippen LogP contribution in [-0.2, 0) is 4.79 Å². The van der Waals surface area contributed by atoms with Gasteiger partial charge in [0, 0.05) is 12.1 Å². The molecular formula is C15H13N2O5+. The molecule has 1 aromatic carbocycles. The van der Waals surface area contributed by atoms with Gasteiger partial charge in [0.1, 0.15) is 29.6 Å². The van der Waals surface area contributed by atoms with Crippen LogP contribution in [0.3, 0.4) is 0 Å². The predicted molar refractivity (Wildman–Crippen MR) is 76.0 cm³/mol. The Morgan fingerprint density at radius 3 is 2.86 bits per heavy atom. The second-order valence-electron chi connectivity index (χ2n) is 4.84. The normalized spacial score (nSPS) is 12.3. The maximum atomic E-state index is 12.4. The summed E-state index contributed by atoms with van der Waals surface area (Å²) >= 11 is 0. The Labute approximate surface area is 124 Å². The zero-order valence-electron chi connectivity index (χ0n) is 11.7. The van der Waals surface area contributed by atoms with Gasteiger partial charge in [-0.2, -0.15) is 0 Å². The highest BCUT2D eigenvalue weighted by Gasteiger charge is 2.16. The Bertz CT molecular complexity index is 881. The Kier molecular flexibility index (Phi) is 3.48. The fraction of sp³-hybridized carbons (Fsp3) is 0.133. The fourth-order valence-electron chi connectivity index (χ4n) is 1.92. The van der Waals surface area contributed by atoms with Crippen molar-refractivity contribution in [1.29, 1.82) is 0 Å². The number of fused-ring (bicyclic) bond motifs is 1. The van der Waals surface area contributed by atoms with E-state index >= 15 is 0 Å². The molecule has 7 heteroatoms. The molecule has 2 heterocycles. The number of benzene rings is 1. The quantitative estimate of drug-likeness (QED) is 0.570. The summed E-state index contributed by atoms with van der Waals surface area (Å²) in [5.74, 6) is -0.161. The molecule has 1 unspecified atom stereocenters. The maximum Gasteiger partial charge on any atom is 0.369 e. The van der Waals surface area contributed by atoms with Crippen molar-refractivity contribution in [1.82, 2.24) is 5.16 Å². The molecule has 0 saturated heterocycles. The number of carbonyl (C=O) groups excluding carboxylic acids is 1. The van der Waals surface area contributed by atoms with Crippen molar-refractivity contribution in [3.8, 4) is 17.0 Å². The highest BCUT2D eigenvalue weighted by atomic mass is 16.5. The Morgan fingerprint density at radius 1 is 1.36 bits per heavy atom. The fourth-order valence-corrected chi connectivity index (χ4v) is 1.92. The van der Waals surface area contributed by atoms with Crippen molar-refractivity contribution in [2.75, 3.05) is 0 Å². The largest absolute Gasteiger partial charge is 0.463 e. The van der Waals surface area contributed by atoms with E-state index in [0.717, 1.165) is 0 Å². The van der Waals surface area contributed by atoms with Gasteiger partial charge < -0.3 is 19.4 Å². The first-order valence-corrected chi connectivity index (χ1v) is 6.57. The highest BCUT2D eigenvalue weighted by molar-refractivity contribution is 5.83. The van der Waals surface area contributed by atoms with Crippen LogP contribution in [-0.4, -0.2) is 17.2 Å². The number of ether oxygens (including phenoxy) is 1. The third-order valence-electron chi connectivity index (χ3n) is 3.08. The van der Waals surface area contributed by atoms with E-state index in [1.165, 1.54) is 24.7 Å². The van der Waals surface area contributed by atoms with Gasteiger partial charge in [-0.15, -0.1) is 0 Å². The van der Waals surface area contributed by atoms with E-state index in [9.17, 15) is 9.59 Å². The van der Waals surface area contributed by atoms with E-state index < -0.39 is 12.0 Å². The lowest BCUT2D eigenvalue weighted by atomic mass is 10.1. The molecule has 0 bridgehead atoms. The predicted octanol–water partition coefficient (Wildman–Crippen LogP) is 0.984. The summed E-state index contributed by atoms with van der Waals surface area (Å²) < 4.78 is 15.3. The Morgan fingerprint density at radius 2 is 2.18 bits per heavy atom. The summed E-state index contributed by atoms with van der Waals surface area (Å²) in [6, 6.07) is 5.65. The molecule has 22 heavy (non-hydrogen) atoms. The first kappa shape index (κ1) is 14.0. The summed E-state index contributed by atoms with van der Waals surface area (Å²) in [6.07, 6.45) is 2.68. The van der Waals surface area contributed by atoms with Crippen molar-refractivity contribution in [3.05, 3.63) is 47.0 Å². The molecular weight excluding hydrogens is 288 g/mol. The third kappa shape index (κ3) is 2.49. The molecule has 0 aliphatic carbocycles. The monoisotopic (exact) mass is 301 g/mol. The lowest BCUT2D eigenvalue weighted by molar-refractivity contribution is -0.401. The highest BCUT2D eigenvalue weighted by Crippen LogP contribution is 2.22. The van der Waals surface area contributed by atoms with Crippen LogP contribution in [0, 0.1) is 0 Å². The van der Waals surface area contributed by atoms with Crippen molar-refractivity contribution >= 4 is 16.9 Å². The number of rotatable bonds is 3. The molecule has 0 aliphatic rings. The number of aromatic nitrogens is 1. The minimum Gasteiger partial charge on any atom is -0.463 e. The second-order valence-corrected chi connectivity index (χ2v) is 4.84. The van der Waals surface area contributed by atoms with Crippen molar-refractivity contribution in [3.63, 3.8) is 0 Å². The summed E-state index contributed by atoms with van der Waals surface area (Å²) in [7, 11) is 0. The maximum absolute atomic E-state index is 12.4. The van der Waals surface area contributed by atoms with Crippen molar-refractivity contribution in [2.45, 2.75) is 13.0 Å². The van der Waals surface area contributed by atoms with Crippen LogP contribution in [0.4, 0.5) is 0 Å². The van der Waals surface area contributed by atoms with Gasteiger partial charge in [-0.1, -0.05) is 5.16 Å². The van der Waals surface area contributed by atoms with E-state index in [-0.39, 0.29) is 5.43 Å². The Hall–Kier alpha value is -2.93. The van der Waals surface area contributed by atoms with Gasteiger partial charge in [-0.05, 0) is 19.1 Å². The zero-order chi connectivity index (χ0) is 15.7. The topological polar surface area (TPSA) is 110 Å². The number of hydrogen-bond acceptors (Lipinski definition) is 6. The van der Waals surface area contributed by atoms with Crippen LogP contribution in [0.1, 0.15) is 6.92 Å². The minimum absolute atomic E-state index is 0.237. The smallest absolute Gasteiger partial charge is 0.369 e. The average Bonchev–Trinajstić information content (AvgIpc) is 3.01. The van der Waals surface area contributed by atoms with Crippen LogP contribution in [0.25, 0.3) is 22.2 Å². The van der Waals surface area contributed by atoms with Crippen LogP contribution in [0.15, 0.2) is 50.5 Å². The molecule has 0 radical (unpaired) electrons. The molecule has 0 aliphatic heterocycles. The molecule has 3 aromatic rings. The molecule has 2 aromatic heterocycles. The van der Waals surface area contributed by atoms with E-state index in [4.69, 9.17) is 13.7 Å². The van der Waals surface area contributed by atoms with Gasteiger partial charge in [0.25, 0.3) is 0 Å². The summed E-state index contributed by atoms with van der Waals surface area (Å²) in [5, 5.41) is 4.08. The molecule has 0 amide bonds. The minimum atomic E-state index is -0.489. The van der Waals surface area contributed by atoms with Crippen LogP contribution in [0.5, 0.6) is 5.75 Å². The molecule has 3 rings (SSSR count). The first-order valence-electron chi connectivity index (χ1n) is 6.57. The molecule has 0 fully saturated rings. The van der Waals surface area contributed by atoms with Crippen LogP contribution < -0.4 is 15.9 Å². The summed E-state index contributed by atoms with van der Waals surface area (Å²) in [4.78, 5) is 23.9. The molecule has 112 valence electrons. The standard InChI is InChI=1S/C15H12N2O5/c1-8(16)15(19)22-9-2-3-10-13(6-9)20-7-11(14(10)18)12-4-5-21-17-12/h2-8H,16H2,1H3/p+1. The molecule has 3 N–H and O–H groups in total. The number of hydrogen-bond donors (Lipinski definition) is 1. The van der Waals surface area contributed by atoms with E-state index in [1.54, 1.807) is 19.1 Å². The average molecular weight is 301 g/mol. The van der Waals surface area contributed by atoms with Crippen molar-refractivity contribution in [2.24, 2.45) is 0 Å². The third-order valence-corrected chi connectivity index (χ3v) is 3.08. The van der Waals surface area contributed by atoms with Gasteiger partial charge >= 0.3 is 5.97 Å². The van der Waals surface area contributed by atoms with E-state index in [0.29, 0.717) is 28.0 Å². The second kappa shape index (κ2) is 5.45. The van der Waals surface area contributed by atoms with Crippen molar-refractivity contribution < 1.29 is 24.2 Å². The molecule has 0 saturated carbocycles. The lowest BCUT2D eigenvalue weighted by Crippen LogP contribution is -2.64. The molecule has 0 spiro atoms. The summed E-state index contributed by atoms with van der Waals surface area (Å²) in [5.41, 5.74) is 4.37. The van der Waals surface area contributed by atoms with E-state index in [2.05, 4.69) is 10.9 Å². The van der Waals surface area contributed by atoms with Crippen LogP contribution in [0.2, 0.25) is 0 Å². The van der Waals surface area contributed by atoms with Gasteiger partial charge in [-0.3, -0.25) is 4.79 Å². The lowest BCUT2D eigenvalue weighted by Gasteiger charge is -2.06. The molecule has 7 nitrogen and oxygen atoms in total. The zero-order valence-corrected chi connectivity index (χ0v) is 11.7. The number of carbonyl (C=O) groups is 1. The van der Waals surface area contributed by atoms with Gasteiger partial charge in [-0.25, -0.2) is 4.79 Å². The first-order chi connectivity index (χ1) is 10.6. The van der Waals surface area contributed by atoms with Gasteiger partial charge in [0.05, 0.1) is 10.9 Å². The number of esters is 1. The Balaban J connectivity index is 2.03. The SMILES string of the molecule is CC([NH3+])C(=O)Oc1ccc2c(=O)c(-c3ccon3)coc2c1. The number of nitrogens with zero attached hydrogens (tertiary/aromatic N) is 1. The molecule has 1 atom stereocenters. The van der Waals surface area contributed by atoms with Gasteiger partial charge in [0.15, 0.2) is 6.04 Å². The number of quaternary nitrogens is 1.